The summed E-state index contributed by atoms with van der Waals surface area (Å²) >= 11 is 13.1. The number of hydrogen-bond acceptors (Lipinski definition) is 4. The Labute approximate surface area is 136 Å². The number of thiophene rings is 1. The minimum atomic E-state index is -0.234. The van der Waals surface area contributed by atoms with Crippen LogP contribution in [0.2, 0.25) is 8.67 Å². The molecule has 0 saturated carbocycles. The van der Waals surface area contributed by atoms with E-state index in [0.29, 0.717) is 27.3 Å². The zero-order chi connectivity index (χ0) is 15.2. The van der Waals surface area contributed by atoms with Crippen LogP contribution in [0.5, 0.6) is 0 Å². The van der Waals surface area contributed by atoms with Gasteiger partial charge in [0, 0.05) is 25.5 Å². The summed E-state index contributed by atoms with van der Waals surface area (Å²) in [5.41, 5.74) is 1.26. The molecular weight excluding hydrogens is 329 g/mol. The van der Waals surface area contributed by atoms with Crippen LogP contribution in [0.4, 0.5) is 0 Å². The van der Waals surface area contributed by atoms with Crippen LogP contribution in [0.1, 0.15) is 22.3 Å². The molecule has 0 aliphatic heterocycles. The van der Waals surface area contributed by atoms with Gasteiger partial charge in [0.25, 0.3) is 5.91 Å². The number of nitrogens with zero attached hydrogens (tertiary/aromatic N) is 3. The molecule has 4 nitrogen and oxygen atoms in total. The van der Waals surface area contributed by atoms with Crippen LogP contribution in [0.15, 0.2) is 30.6 Å². The van der Waals surface area contributed by atoms with Gasteiger partial charge in [-0.1, -0.05) is 29.3 Å². The average Bonchev–Trinajstić information content (AvgIpc) is 2.82. The first kappa shape index (κ1) is 15.8. The first-order valence-electron chi connectivity index (χ1n) is 6.11. The number of pyridine rings is 1. The quantitative estimate of drug-likeness (QED) is 0.826. The number of aromatic nitrogens is 1. The molecule has 0 unspecified atom stereocenters. The monoisotopic (exact) mass is 339 g/mol. The lowest BCUT2D eigenvalue weighted by molar-refractivity contribution is 0.0747. The standard InChI is InChI=1S/C14H11Cl2N3OS/c15-12-7-11(13(16)21-12)14(20)19(6-2-4-17)9-10-3-1-5-18-8-10/h1,3,5,7-8H,2,6,9H2. The van der Waals surface area contributed by atoms with Crippen molar-refractivity contribution in [1.82, 2.24) is 9.88 Å². The van der Waals surface area contributed by atoms with Crippen molar-refractivity contribution in [3.63, 3.8) is 0 Å². The summed E-state index contributed by atoms with van der Waals surface area (Å²) in [6, 6.07) is 7.28. The van der Waals surface area contributed by atoms with Gasteiger partial charge in [-0.05, 0) is 17.7 Å². The number of nitriles is 1. The summed E-state index contributed by atoms with van der Waals surface area (Å²) in [5, 5.41) is 8.75. The summed E-state index contributed by atoms with van der Waals surface area (Å²) in [4.78, 5) is 18.1. The SMILES string of the molecule is N#CCCN(Cc1cccnc1)C(=O)c1cc(Cl)sc1Cl. The predicted molar refractivity (Wildman–Crippen MR) is 83.5 cm³/mol. The van der Waals surface area contributed by atoms with Gasteiger partial charge in [0.1, 0.15) is 4.34 Å². The molecule has 7 heteroatoms. The second-order valence-corrected chi connectivity index (χ2v) is 6.52. The minimum absolute atomic E-state index is 0.234. The normalized spacial score (nSPS) is 10.1. The molecule has 0 aromatic carbocycles. The van der Waals surface area contributed by atoms with Crippen LogP contribution >= 0.6 is 34.5 Å². The molecule has 0 spiro atoms. The van der Waals surface area contributed by atoms with Crippen molar-refractivity contribution in [3.05, 3.63) is 50.4 Å². The molecule has 0 fully saturated rings. The summed E-state index contributed by atoms with van der Waals surface area (Å²) in [6.07, 6.45) is 3.61. The molecule has 1 amide bonds. The van der Waals surface area contributed by atoms with Crippen molar-refractivity contribution in [2.24, 2.45) is 0 Å². The van der Waals surface area contributed by atoms with Crippen molar-refractivity contribution < 1.29 is 4.79 Å². The molecular formula is C14H11Cl2N3OS. The molecule has 2 rings (SSSR count). The number of carbonyl (C=O) groups excluding carboxylic acids is 1. The second-order valence-electron chi connectivity index (χ2n) is 4.23. The summed E-state index contributed by atoms with van der Waals surface area (Å²) < 4.78 is 0.822. The van der Waals surface area contributed by atoms with Crippen molar-refractivity contribution in [2.75, 3.05) is 6.54 Å². The van der Waals surface area contributed by atoms with Crippen molar-refractivity contribution in [3.8, 4) is 6.07 Å². The van der Waals surface area contributed by atoms with Crippen LogP contribution in [0.3, 0.4) is 0 Å². The topological polar surface area (TPSA) is 57.0 Å². The smallest absolute Gasteiger partial charge is 0.256 e. The number of amides is 1. The van der Waals surface area contributed by atoms with Crippen LogP contribution in [0.25, 0.3) is 0 Å². The van der Waals surface area contributed by atoms with Gasteiger partial charge in [0.15, 0.2) is 0 Å². The van der Waals surface area contributed by atoms with Crippen LogP contribution in [-0.4, -0.2) is 22.3 Å². The lowest BCUT2D eigenvalue weighted by Crippen LogP contribution is -2.31. The summed E-state index contributed by atoms with van der Waals surface area (Å²) in [7, 11) is 0. The van der Waals surface area contributed by atoms with Gasteiger partial charge in [0.05, 0.1) is 22.4 Å². The van der Waals surface area contributed by atoms with E-state index in [1.54, 1.807) is 29.4 Å². The van der Waals surface area contributed by atoms with E-state index in [2.05, 4.69) is 4.98 Å². The minimum Gasteiger partial charge on any atom is -0.333 e. The molecule has 0 bridgehead atoms. The first-order valence-corrected chi connectivity index (χ1v) is 7.69. The predicted octanol–water partition coefficient (Wildman–Crippen LogP) is 4.01. The van der Waals surface area contributed by atoms with E-state index in [4.69, 9.17) is 28.5 Å². The zero-order valence-electron chi connectivity index (χ0n) is 10.9. The van der Waals surface area contributed by atoms with Gasteiger partial charge in [-0.2, -0.15) is 5.26 Å². The van der Waals surface area contributed by atoms with Gasteiger partial charge in [-0.3, -0.25) is 9.78 Å². The lowest BCUT2D eigenvalue weighted by Gasteiger charge is -2.21. The molecule has 0 atom stereocenters. The highest BCUT2D eigenvalue weighted by molar-refractivity contribution is 7.20. The third-order valence-corrected chi connectivity index (χ3v) is 4.25. The highest BCUT2D eigenvalue weighted by Gasteiger charge is 2.21. The number of halogens is 2. The number of hydrogen-bond donors (Lipinski definition) is 0. The first-order chi connectivity index (χ1) is 10.1. The maximum Gasteiger partial charge on any atom is 0.256 e. The van der Waals surface area contributed by atoms with Gasteiger partial charge in [-0.25, -0.2) is 0 Å². The molecule has 108 valence electrons. The molecule has 0 aliphatic rings. The van der Waals surface area contributed by atoms with Crippen LogP contribution in [0, 0.1) is 11.3 Å². The van der Waals surface area contributed by atoms with E-state index < -0.39 is 0 Å². The Balaban J connectivity index is 2.21. The Morgan fingerprint density at radius 2 is 2.29 bits per heavy atom. The summed E-state index contributed by atoms with van der Waals surface area (Å²) in [5.74, 6) is -0.234. The van der Waals surface area contributed by atoms with Crippen LogP contribution < -0.4 is 0 Å². The molecule has 21 heavy (non-hydrogen) atoms. The molecule has 0 N–H and O–H groups in total. The molecule has 2 aromatic heterocycles. The Hall–Kier alpha value is -1.61. The van der Waals surface area contributed by atoms with E-state index in [9.17, 15) is 4.79 Å². The van der Waals surface area contributed by atoms with Gasteiger partial charge in [0.2, 0.25) is 0 Å². The number of rotatable bonds is 5. The Kier molecular flexibility index (Phi) is 5.57. The van der Waals surface area contributed by atoms with E-state index >= 15 is 0 Å². The maximum atomic E-state index is 12.5. The fourth-order valence-electron chi connectivity index (χ4n) is 1.81. The largest absolute Gasteiger partial charge is 0.333 e. The Morgan fingerprint density at radius 1 is 1.48 bits per heavy atom. The van der Waals surface area contributed by atoms with E-state index in [1.807, 2.05) is 12.1 Å². The molecule has 2 aromatic rings. The maximum absolute atomic E-state index is 12.5. The van der Waals surface area contributed by atoms with Crippen LogP contribution in [-0.2, 0) is 6.54 Å². The summed E-state index contributed by atoms with van der Waals surface area (Å²) in [6.45, 7) is 0.701. The molecule has 0 saturated heterocycles. The third-order valence-electron chi connectivity index (χ3n) is 2.76. The second kappa shape index (κ2) is 7.41. The highest BCUT2D eigenvalue weighted by Crippen LogP contribution is 2.32. The fourth-order valence-corrected chi connectivity index (χ4v) is 3.25. The molecule has 2 heterocycles. The van der Waals surface area contributed by atoms with Crippen molar-refractivity contribution in [1.29, 1.82) is 5.26 Å². The zero-order valence-corrected chi connectivity index (χ0v) is 13.3. The lowest BCUT2D eigenvalue weighted by atomic mass is 10.2. The number of carbonyl (C=O) groups is 1. The van der Waals surface area contributed by atoms with Crippen molar-refractivity contribution in [2.45, 2.75) is 13.0 Å². The third kappa shape index (κ3) is 4.18. The van der Waals surface area contributed by atoms with E-state index in [-0.39, 0.29) is 12.3 Å². The molecule has 0 aliphatic carbocycles. The highest BCUT2D eigenvalue weighted by atomic mass is 35.5. The van der Waals surface area contributed by atoms with E-state index in [1.165, 1.54) is 0 Å². The van der Waals surface area contributed by atoms with Crippen molar-refractivity contribution >= 4 is 40.4 Å². The van der Waals surface area contributed by atoms with Gasteiger partial charge in [-0.15, -0.1) is 11.3 Å². The average molecular weight is 340 g/mol. The van der Waals surface area contributed by atoms with Gasteiger partial charge >= 0.3 is 0 Å². The Morgan fingerprint density at radius 3 is 2.86 bits per heavy atom. The molecule has 0 radical (unpaired) electrons. The van der Waals surface area contributed by atoms with Gasteiger partial charge < -0.3 is 4.90 Å². The van der Waals surface area contributed by atoms with E-state index in [0.717, 1.165) is 16.9 Å². The Bertz CT molecular complexity index is 667. The fraction of sp³-hybridized carbons (Fsp3) is 0.214.